The van der Waals surface area contributed by atoms with Crippen LogP contribution in [-0.2, 0) is 10.2 Å². The summed E-state index contributed by atoms with van der Waals surface area (Å²) < 4.78 is 0. The number of carboxylic acid groups (broad SMARTS) is 1. The fourth-order valence-electron chi connectivity index (χ4n) is 3.37. The third kappa shape index (κ3) is 1.91. The third-order valence-electron chi connectivity index (χ3n) is 4.55. The Balaban J connectivity index is 2.78. The molecule has 0 aromatic heterocycles. The molecule has 19 heavy (non-hydrogen) atoms. The summed E-state index contributed by atoms with van der Waals surface area (Å²) >= 11 is 6.16. The Hall–Kier alpha value is -1.22. The van der Waals surface area contributed by atoms with Crippen molar-refractivity contribution >= 4 is 17.6 Å². The molecule has 0 unspecified atom stereocenters. The highest BCUT2D eigenvalue weighted by Crippen LogP contribution is 2.48. The summed E-state index contributed by atoms with van der Waals surface area (Å²) in [5.74, 6) is -0.712. The quantitative estimate of drug-likeness (QED) is 0.866. The highest BCUT2D eigenvalue weighted by atomic mass is 35.5. The molecule has 0 amide bonds. The molecule has 0 aliphatic heterocycles. The van der Waals surface area contributed by atoms with Crippen LogP contribution in [0, 0.1) is 20.8 Å². The number of hydrogen-bond donors (Lipinski definition) is 2. The van der Waals surface area contributed by atoms with Crippen molar-refractivity contribution in [3.05, 3.63) is 27.3 Å². The first-order valence-electron chi connectivity index (χ1n) is 6.55. The second-order valence-corrected chi connectivity index (χ2v) is 5.88. The number of benzene rings is 1. The van der Waals surface area contributed by atoms with E-state index in [9.17, 15) is 15.0 Å². The number of phenols is 1. The fourth-order valence-corrected chi connectivity index (χ4v) is 3.60. The van der Waals surface area contributed by atoms with Crippen LogP contribution in [0.15, 0.2) is 0 Å². The zero-order valence-corrected chi connectivity index (χ0v) is 12.3. The monoisotopic (exact) mass is 282 g/mol. The highest BCUT2D eigenvalue weighted by Gasteiger charge is 2.45. The molecule has 4 heteroatoms. The number of aromatic hydroxyl groups is 1. The Morgan fingerprint density at radius 1 is 1.11 bits per heavy atom. The van der Waals surface area contributed by atoms with Crippen molar-refractivity contribution < 1.29 is 15.0 Å². The number of halogens is 1. The maximum Gasteiger partial charge on any atom is 0.314 e. The molecule has 0 radical (unpaired) electrons. The third-order valence-corrected chi connectivity index (χ3v) is 5.01. The minimum Gasteiger partial charge on any atom is -0.506 e. The van der Waals surface area contributed by atoms with Gasteiger partial charge in [0.25, 0.3) is 0 Å². The molecular weight excluding hydrogens is 264 g/mol. The van der Waals surface area contributed by atoms with Gasteiger partial charge in [-0.05, 0) is 55.9 Å². The van der Waals surface area contributed by atoms with Gasteiger partial charge in [0, 0.05) is 0 Å². The van der Waals surface area contributed by atoms with E-state index in [1.54, 1.807) is 13.8 Å². The normalized spacial score (nSPS) is 17.7. The van der Waals surface area contributed by atoms with E-state index < -0.39 is 11.4 Å². The van der Waals surface area contributed by atoms with Gasteiger partial charge in [-0.25, -0.2) is 0 Å². The molecule has 1 aromatic rings. The molecule has 0 atom stereocenters. The van der Waals surface area contributed by atoms with Crippen LogP contribution in [0.25, 0.3) is 0 Å². The molecule has 1 fully saturated rings. The van der Waals surface area contributed by atoms with Crippen LogP contribution >= 0.6 is 11.6 Å². The number of carbonyl (C=O) groups is 1. The summed E-state index contributed by atoms with van der Waals surface area (Å²) in [6.07, 6.45) is 3.13. The van der Waals surface area contributed by atoms with E-state index in [4.69, 9.17) is 11.6 Å². The number of carboxylic acids is 1. The van der Waals surface area contributed by atoms with E-state index >= 15 is 0 Å². The molecule has 3 nitrogen and oxygen atoms in total. The van der Waals surface area contributed by atoms with E-state index in [1.807, 2.05) is 6.92 Å². The number of phenolic OH excluding ortho intramolecular Hbond substituents is 1. The summed E-state index contributed by atoms with van der Waals surface area (Å²) in [5.41, 5.74) is 2.20. The molecule has 0 bridgehead atoms. The molecule has 1 aliphatic carbocycles. The van der Waals surface area contributed by atoms with Gasteiger partial charge < -0.3 is 10.2 Å². The molecule has 104 valence electrons. The lowest BCUT2D eigenvalue weighted by atomic mass is 9.74. The standard InChI is InChI=1S/C15H19ClO3/c1-8-9(2)13(17)12(16)10(3)11(8)15(14(18)19)6-4-5-7-15/h17H,4-7H2,1-3H3,(H,18,19). The van der Waals surface area contributed by atoms with E-state index in [-0.39, 0.29) is 10.8 Å². The molecule has 1 aliphatic rings. The van der Waals surface area contributed by atoms with Crippen LogP contribution < -0.4 is 0 Å². The van der Waals surface area contributed by atoms with Gasteiger partial charge >= 0.3 is 5.97 Å². The molecule has 2 N–H and O–H groups in total. The van der Waals surface area contributed by atoms with Gasteiger partial charge in [-0.15, -0.1) is 0 Å². The van der Waals surface area contributed by atoms with Crippen molar-refractivity contribution in [2.45, 2.75) is 51.9 Å². The van der Waals surface area contributed by atoms with Crippen molar-refractivity contribution in [2.75, 3.05) is 0 Å². The topological polar surface area (TPSA) is 57.5 Å². The molecule has 0 spiro atoms. The second-order valence-electron chi connectivity index (χ2n) is 5.51. The summed E-state index contributed by atoms with van der Waals surface area (Å²) in [6.45, 7) is 5.45. The van der Waals surface area contributed by atoms with Crippen molar-refractivity contribution in [3.8, 4) is 5.75 Å². The Morgan fingerprint density at radius 2 is 1.63 bits per heavy atom. The van der Waals surface area contributed by atoms with Crippen molar-refractivity contribution in [2.24, 2.45) is 0 Å². The van der Waals surface area contributed by atoms with Gasteiger partial charge in [0.1, 0.15) is 5.75 Å². The van der Waals surface area contributed by atoms with Crippen molar-refractivity contribution in [3.63, 3.8) is 0 Å². The SMILES string of the molecule is Cc1c(C)c(C2(C(=O)O)CCCC2)c(C)c(Cl)c1O. The second kappa shape index (κ2) is 4.71. The maximum absolute atomic E-state index is 11.8. The highest BCUT2D eigenvalue weighted by molar-refractivity contribution is 6.33. The number of aliphatic carboxylic acids is 1. The minimum atomic E-state index is -0.837. The molecular formula is C15H19ClO3. The predicted molar refractivity (Wildman–Crippen MR) is 75.1 cm³/mol. The van der Waals surface area contributed by atoms with Gasteiger partial charge in [-0.1, -0.05) is 24.4 Å². The summed E-state index contributed by atoms with van der Waals surface area (Å²) in [6, 6.07) is 0. The average molecular weight is 283 g/mol. The maximum atomic E-state index is 11.8. The predicted octanol–water partition coefficient (Wildman–Crippen LogP) is 3.87. The van der Waals surface area contributed by atoms with Crippen molar-refractivity contribution in [1.82, 2.24) is 0 Å². The van der Waals surface area contributed by atoms with E-state index in [0.717, 1.165) is 24.0 Å². The van der Waals surface area contributed by atoms with Crippen LogP contribution in [0.3, 0.4) is 0 Å². The molecule has 2 rings (SSSR count). The van der Waals surface area contributed by atoms with Gasteiger partial charge in [0.2, 0.25) is 0 Å². The minimum absolute atomic E-state index is 0.0685. The van der Waals surface area contributed by atoms with Crippen LogP contribution in [0.1, 0.15) is 47.9 Å². The number of rotatable bonds is 2. The lowest BCUT2D eigenvalue weighted by Crippen LogP contribution is -2.34. The van der Waals surface area contributed by atoms with Gasteiger partial charge in [0.15, 0.2) is 0 Å². The summed E-state index contributed by atoms with van der Waals surface area (Å²) in [4.78, 5) is 11.8. The largest absolute Gasteiger partial charge is 0.506 e. The Labute approximate surface area is 118 Å². The lowest BCUT2D eigenvalue weighted by molar-refractivity contribution is -0.143. The van der Waals surface area contributed by atoms with Gasteiger partial charge in [-0.3, -0.25) is 4.79 Å². The summed E-state index contributed by atoms with van der Waals surface area (Å²) in [7, 11) is 0. The first kappa shape index (κ1) is 14.2. The van der Waals surface area contributed by atoms with E-state index in [2.05, 4.69) is 0 Å². The number of hydrogen-bond acceptors (Lipinski definition) is 2. The molecule has 0 saturated heterocycles. The van der Waals surface area contributed by atoms with E-state index in [0.29, 0.717) is 24.0 Å². The zero-order chi connectivity index (χ0) is 14.4. The van der Waals surface area contributed by atoms with Gasteiger partial charge in [0.05, 0.1) is 10.4 Å². The first-order valence-corrected chi connectivity index (χ1v) is 6.93. The van der Waals surface area contributed by atoms with Crippen LogP contribution in [0.2, 0.25) is 5.02 Å². The Morgan fingerprint density at radius 3 is 2.11 bits per heavy atom. The lowest BCUT2D eigenvalue weighted by Gasteiger charge is -2.30. The first-order chi connectivity index (χ1) is 8.83. The van der Waals surface area contributed by atoms with Crippen LogP contribution in [-0.4, -0.2) is 16.2 Å². The fraction of sp³-hybridized carbons (Fsp3) is 0.533. The van der Waals surface area contributed by atoms with Crippen molar-refractivity contribution in [1.29, 1.82) is 0 Å². The van der Waals surface area contributed by atoms with Gasteiger partial charge in [-0.2, -0.15) is 0 Å². The molecule has 0 heterocycles. The van der Waals surface area contributed by atoms with Crippen LogP contribution in [0.5, 0.6) is 5.75 Å². The van der Waals surface area contributed by atoms with E-state index in [1.165, 1.54) is 0 Å². The Kier molecular flexibility index (Phi) is 3.52. The van der Waals surface area contributed by atoms with Crippen LogP contribution in [0.4, 0.5) is 0 Å². The Bertz CT molecular complexity index is 514. The summed E-state index contributed by atoms with van der Waals surface area (Å²) in [5, 5.41) is 20.0. The molecule has 1 saturated carbocycles. The average Bonchev–Trinajstić information content (AvgIpc) is 2.85. The zero-order valence-electron chi connectivity index (χ0n) is 11.5. The smallest absolute Gasteiger partial charge is 0.314 e. The molecule has 1 aromatic carbocycles.